The molecule has 1 heterocycles. The SMILES string of the molecule is COCCN(CCOC)C1=C(c2ccc(C)cc2)C(=O)N(c2cccc(F)c2)C1=O. The molecular weight excluding hydrogens is 387 g/mol. The lowest BCUT2D eigenvalue weighted by molar-refractivity contribution is -0.120. The number of halogens is 1. The number of aryl methyl sites for hydroxylation is 1. The Labute approximate surface area is 175 Å². The highest BCUT2D eigenvalue weighted by molar-refractivity contribution is 6.45. The molecule has 0 bridgehead atoms. The minimum absolute atomic E-state index is 0.197. The van der Waals surface area contributed by atoms with E-state index in [1.807, 2.05) is 31.2 Å². The van der Waals surface area contributed by atoms with Crippen molar-refractivity contribution in [3.63, 3.8) is 0 Å². The van der Waals surface area contributed by atoms with Crippen LogP contribution in [-0.2, 0) is 19.1 Å². The van der Waals surface area contributed by atoms with Crippen molar-refractivity contribution in [3.8, 4) is 0 Å². The van der Waals surface area contributed by atoms with Crippen LogP contribution in [0.4, 0.5) is 10.1 Å². The van der Waals surface area contributed by atoms with Crippen LogP contribution in [0.25, 0.3) is 5.57 Å². The molecule has 0 N–H and O–H groups in total. The van der Waals surface area contributed by atoms with Gasteiger partial charge in [-0.25, -0.2) is 9.29 Å². The number of benzene rings is 2. The summed E-state index contributed by atoms with van der Waals surface area (Å²) in [6, 6.07) is 12.9. The minimum atomic E-state index is -0.519. The van der Waals surface area contributed by atoms with Gasteiger partial charge in [0.25, 0.3) is 11.8 Å². The summed E-state index contributed by atoms with van der Waals surface area (Å²) >= 11 is 0. The molecule has 0 unspecified atom stereocenters. The van der Waals surface area contributed by atoms with Crippen LogP contribution in [0, 0.1) is 12.7 Å². The predicted octanol–water partition coefficient (Wildman–Crippen LogP) is 3.01. The van der Waals surface area contributed by atoms with Crippen LogP contribution in [0.2, 0.25) is 0 Å². The molecule has 30 heavy (non-hydrogen) atoms. The maximum atomic E-state index is 13.8. The van der Waals surface area contributed by atoms with Crippen LogP contribution in [0.3, 0.4) is 0 Å². The van der Waals surface area contributed by atoms with E-state index in [-0.39, 0.29) is 17.0 Å². The predicted molar refractivity (Wildman–Crippen MR) is 112 cm³/mol. The van der Waals surface area contributed by atoms with Crippen molar-refractivity contribution in [2.45, 2.75) is 6.92 Å². The van der Waals surface area contributed by atoms with E-state index in [0.29, 0.717) is 31.9 Å². The number of anilines is 1. The molecule has 2 aromatic carbocycles. The van der Waals surface area contributed by atoms with Gasteiger partial charge in [0.1, 0.15) is 11.5 Å². The summed E-state index contributed by atoms with van der Waals surface area (Å²) in [6.45, 7) is 3.50. The highest BCUT2D eigenvalue weighted by atomic mass is 19.1. The smallest absolute Gasteiger partial charge is 0.282 e. The molecule has 2 aromatic rings. The zero-order chi connectivity index (χ0) is 21.7. The fourth-order valence-electron chi connectivity index (χ4n) is 3.38. The van der Waals surface area contributed by atoms with Crippen LogP contribution in [0.5, 0.6) is 0 Å². The van der Waals surface area contributed by atoms with Gasteiger partial charge in [-0.05, 0) is 30.7 Å². The van der Waals surface area contributed by atoms with E-state index in [0.717, 1.165) is 10.5 Å². The molecule has 0 saturated heterocycles. The Morgan fingerprint density at radius 1 is 0.933 bits per heavy atom. The number of rotatable bonds is 9. The Morgan fingerprint density at radius 3 is 2.13 bits per heavy atom. The quantitative estimate of drug-likeness (QED) is 0.593. The lowest BCUT2D eigenvalue weighted by Gasteiger charge is -2.25. The van der Waals surface area contributed by atoms with Crippen LogP contribution in [-0.4, -0.2) is 57.2 Å². The number of ether oxygens (including phenoxy) is 2. The van der Waals surface area contributed by atoms with E-state index in [2.05, 4.69) is 0 Å². The molecule has 0 aliphatic carbocycles. The van der Waals surface area contributed by atoms with E-state index in [1.54, 1.807) is 25.2 Å². The molecule has 0 spiro atoms. The largest absolute Gasteiger partial charge is 0.383 e. The molecule has 158 valence electrons. The Morgan fingerprint density at radius 2 is 1.57 bits per heavy atom. The second kappa shape index (κ2) is 9.65. The molecule has 2 amide bonds. The zero-order valence-electron chi connectivity index (χ0n) is 17.4. The monoisotopic (exact) mass is 412 g/mol. The van der Waals surface area contributed by atoms with Crippen molar-refractivity contribution in [3.05, 3.63) is 71.2 Å². The van der Waals surface area contributed by atoms with Gasteiger partial charge in [0, 0.05) is 27.3 Å². The third-order valence-electron chi connectivity index (χ3n) is 4.91. The number of hydrogen-bond donors (Lipinski definition) is 0. The lowest BCUT2D eigenvalue weighted by atomic mass is 10.0. The molecule has 0 atom stereocenters. The number of nitrogens with zero attached hydrogens (tertiary/aromatic N) is 2. The average molecular weight is 412 g/mol. The topological polar surface area (TPSA) is 59.1 Å². The van der Waals surface area contributed by atoms with E-state index in [4.69, 9.17) is 9.47 Å². The van der Waals surface area contributed by atoms with E-state index < -0.39 is 17.6 Å². The van der Waals surface area contributed by atoms with Crippen molar-refractivity contribution >= 4 is 23.1 Å². The van der Waals surface area contributed by atoms with Crippen LogP contribution in [0.1, 0.15) is 11.1 Å². The Balaban J connectivity index is 2.12. The molecule has 3 rings (SSSR count). The van der Waals surface area contributed by atoms with E-state index in [1.165, 1.54) is 18.2 Å². The van der Waals surface area contributed by atoms with Crippen LogP contribution < -0.4 is 4.90 Å². The second-order valence-corrected chi connectivity index (χ2v) is 6.99. The molecule has 1 aliphatic heterocycles. The highest BCUT2D eigenvalue weighted by Gasteiger charge is 2.42. The van der Waals surface area contributed by atoms with Gasteiger partial charge in [0.2, 0.25) is 0 Å². The Kier molecular flexibility index (Phi) is 6.97. The van der Waals surface area contributed by atoms with E-state index in [9.17, 15) is 14.0 Å². The molecule has 7 heteroatoms. The number of hydrogen-bond acceptors (Lipinski definition) is 5. The molecular formula is C23H25FN2O4. The minimum Gasteiger partial charge on any atom is -0.383 e. The van der Waals surface area contributed by atoms with Gasteiger partial charge >= 0.3 is 0 Å². The number of imide groups is 1. The molecule has 0 fully saturated rings. The maximum Gasteiger partial charge on any atom is 0.282 e. The summed E-state index contributed by atoms with van der Waals surface area (Å²) in [5.41, 5.74) is 2.42. The summed E-state index contributed by atoms with van der Waals surface area (Å²) in [4.78, 5) is 29.7. The first-order valence-corrected chi connectivity index (χ1v) is 9.66. The van der Waals surface area contributed by atoms with Crippen molar-refractivity contribution in [1.29, 1.82) is 0 Å². The van der Waals surface area contributed by atoms with Crippen molar-refractivity contribution in [1.82, 2.24) is 4.90 Å². The fraction of sp³-hybridized carbons (Fsp3) is 0.304. The maximum absolute atomic E-state index is 13.8. The van der Waals surface area contributed by atoms with Gasteiger partial charge in [-0.15, -0.1) is 0 Å². The summed E-state index contributed by atoms with van der Waals surface area (Å²) in [5, 5.41) is 0. The molecule has 0 aromatic heterocycles. The van der Waals surface area contributed by atoms with Gasteiger partial charge < -0.3 is 14.4 Å². The molecule has 0 radical (unpaired) electrons. The number of carbonyl (C=O) groups is 2. The average Bonchev–Trinajstić information content (AvgIpc) is 2.99. The summed E-state index contributed by atoms with van der Waals surface area (Å²) < 4.78 is 24.2. The standard InChI is InChI=1S/C23H25FN2O4/c1-16-7-9-17(10-8-16)20-21(25(11-13-29-2)12-14-30-3)23(28)26(22(20)27)19-6-4-5-18(24)15-19/h4-10,15H,11-14H2,1-3H3. The summed E-state index contributed by atoms with van der Waals surface area (Å²) in [5.74, 6) is -1.49. The van der Waals surface area contributed by atoms with Crippen molar-refractivity contribution in [2.24, 2.45) is 0 Å². The van der Waals surface area contributed by atoms with Crippen molar-refractivity contribution in [2.75, 3.05) is 45.4 Å². The zero-order valence-corrected chi connectivity index (χ0v) is 17.4. The van der Waals surface area contributed by atoms with E-state index >= 15 is 0 Å². The molecule has 6 nitrogen and oxygen atoms in total. The third kappa shape index (κ3) is 4.42. The third-order valence-corrected chi connectivity index (χ3v) is 4.91. The number of carbonyl (C=O) groups excluding carboxylic acids is 2. The van der Waals surface area contributed by atoms with Crippen molar-refractivity contribution < 1.29 is 23.5 Å². The highest BCUT2D eigenvalue weighted by Crippen LogP contribution is 2.35. The molecule has 1 aliphatic rings. The summed E-state index contributed by atoms with van der Waals surface area (Å²) in [6.07, 6.45) is 0. The Hall–Kier alpha value is -3.03. The first kappa shape index (κ1) is 21.7. The first-order chi connectivity index (χ1) is 14.5. The number of methoxy groups -OCH3 is 2. The van der Waals surface area contributed by atoms with Gasteiger partial charge in [0.05, 0.1) is 24.5 Å². The van der Waals surface area contributed by atoms with Gasteiger partial charge in [-0.3, -0.25) is 9.59 Å². The summed E-state index contributed by atoms with van der Waals surface area (Å²) in [7, 11) is 3.15. The number of amides is 2. The van der Waals surface area contributed by atoms with Crippen LogP contribution >= 0.6 is 0 Å². The van der Waals surface area contributed by atoms with Gasteiger partial charge in [-0.1, -0.05) is 35.9 Å². The Bertz CT molecular complexity index is 948. The normalized spacial score (nSPS) is 14.1. The fourth-order valence-corrected chi connectivity index (χ4v) is 3.38. The first-order valence-electron chi connectivity index (χ1n) is 9.66. The van der Waals surface area contributed by atoms with Crippen LogP contribution in [0.15, 0.2) is 54.2 Å². The molecule has 0 saturated carbocycles. The van der Waals surface area contributed by atoms with Gasteiger partial charge in [-0.2, -0.15) is 0 Å². The lowest BCUT2D eigenvalue weighted by Crippen LogP contribution is -2.37. The van der Waals surface area contributed by atoms with Gasteiger partial charge in [0.15, 0.2) is 0 Å². The second-order valence-electron chi connectivity index (χ2n) is 6.99.